The zero-order chi connectivity index (χ0) is 13.1. The largest absolute Gasteiger partial charge is 0.478 e. The van der Waals surface area contributed by atoms with Crippen LogP contribution in [0, 0.1) is 0 Å². The molecule has 19 heavy (non-hydrogen) atoms. The summed E-state index contributed by atoms with van der Waals surface area (Å²) in [7, 11) is 0. The number of furan rings is 1. The maximum absolute atomic E-state index is 5.49. The van der Waals surface area contributed by atoms with E-state index in [0.29, 0.717) is 24.9 Å². The molecule has 0 aliphatic heterocycles. The molecule has 1 N–H and O–H groups in total. The van der Waals surface area contributed by atoms with Crippen molar-refractivity contribution < 1.29 is 9.15 Å². The molecule has 1 saturated carbocycles. The normalized spacial score (nSPS) is 14.4. The van der Waals surface area contributed by atoms with E-state index < -0.39 is 0 Å². The third kappa shape index (κ3) is 3.05. The lowest BCUT2D eigenvalue weighted by atomic mass is 10.3. The molecule has 3 rings (SSSR count). The average Bonchev–Trinajstić information content (AvgIpc) is 3.14. The van der Waals surface area contributed by atoms with Crippen LogP contribution in [0.25, 0.3) is 0 Å². The summed E-state index contributed by atoms with van der Waals surface area (Å²) in [5, 5.41) is 3.24. The molecule has 0 bridgehead atoms. The molecule has 2 aromatic rings. The molecular weight excluding hydrogens is 242 g/mol. The van der Waals surface area contributed by atoms with Gasteiger partial charge in [-0.1, -0.05) is 0 Å². The van der Waals surface area contributed by atoms with Crippen LogP contribution in [0.15, 0.2) is 28.9 Å². The van der Waals surface area contributed by atoms with Gasteiger partial charge in [0.25, 0.3) is 0 Å². The summed E-state index contributed by atoms with van der Waals surface area (Å²) in [5.74, 6) is 3.69. The summed E-state index contributed by atoms with van der Waals surface area (Å²) in [6.07, 6.45) is 4.01. The number of ether oxygens (including phenoxy) is 1. The maximum Gasteiger partial charge on any atom is 0.218 e. The minimum atomic E-state index is 0.504. The van der Waals surface area contributed by atoms with Gasteiger partial charge in [-0.15, -0.1) is 0 Å². The minimum absolute atomic E-state index is 0.504. The molecule has 5 heteroatoms. The highest BCUT2D eigenvalue weighted by Gasteiger charge is 2.27. The molecule has 0 atom stereocenters. The van der Waals surface area contributed by atoms with E-state index in [0.717, 1.165) is 17.4 Å². The number of aromatic nitrogens is 2. The Morgan fingerprint density at radius 1 is 1.42 bits per heavy atom. The van der Waals surface area contributed by atoms with Crippen LogP contribution in [0.1, 0.15) is 37.3 Å². The van der Waals surface area contributed by atoms with E-state index >= 15 is 0 Å². The zero-order valence-electron chi connectivity index (χ0n) is 10.9. The predicted octanol–water partition coefficient (Wildman–Crippen LogP) is 2.96. The first-order chi connectivity index (χ1) is 9.35. The van der Waals surface area contributed by atoms with Crippen molar-refractivity contribution in [1.29, 1.82) is 0 Å². The molecule has 1 fully saturated rings. The Morgan fingerprint density at radius 2 is 2.32 bits per heavy atom. The molecule has 2 aromatic heterocycles. The van der Waals surface area contributed by atoms with Gasteiger partial charge in [0.2, 0.25) is 5.88 Å². The Kier molecular flexibility index (Phi) is 3.35. The Hall–Kier alpha value is -2.04. The monoisotopic (exact) mass is 259 g/mol. The number of rotatable bonds is 6. The Balaban J connectivity index is 1.74. The fraction of sp³-hybridized carbons (Fsp3) is 0.429. The van der Waals surface area contributed by atoms with Gasteiger partial charge in [0, 0.05) is 12.0 Å². The topological polar surface area (TPSA) is 60.2 Å². The van der Waals surface area contributed by atoms with Gasteiger partial charge in [-0.05, 0) is 31.9 Å². The fourth-order valence-electron chi connectivity index (χ4n) is 1.87. The van der Waals surface area contributed by atoms with Gasteiger partial charge in [0.1, 0.15) is 17.4 Å². The first kappa shape index (κ1) is 12.0. The van der Waals surface area contributed by atoms with Crippen molar-refractivity contribution in [2.24, 2.45) is 0 Å². The summed E-state index contributed by atoms with van der Waals surface area (Å²) in [5.41, 5.74) is 0. The van der Waals surface area contributed by atoms with Crippen molar-refractivity contribution in [3.63, 3.8) is 0 Å². The van der Waals surface area contributed by atoms with Gasteiger partial charge in [0.15, 0.2) is 0 Å². The van der Waals surface area contributed by atoms with Crippen LogP contribution in [-0.4, -0.2) is 16.6 Å². The van der Waals surface area contributed by atoms with E-state index in [-0.39, 0.29) is 0 Å². The van der Waals surface area contributed by atoms with Gasteiger partial charge in [-0.2, -0.15) is 4.98 Å². The molecule has 0 saturated heterocycles. The molecular formula is C14H17N3O2. The van der Waals surface area contributed by atoms with Gasteiger partial charge >= 0.3 is 0 Å². The Labute approximate surface area is 112 Å². The van der Waals surface area contributed by atoms with Crippen LogP contribution in [0.4, 0.5) is 5.82 Å². The summed E-state index contributed by atoms with van der Waals surface area (Å²) in [6.45, 7) is 3.17. The standard InChI is InChI=1S/C14H17N3O2/c1-2-18-13-8-12(15-9-11-4-3-7-19-11)16-14(17-13)10-5-6-10/h3-4,7-8,10H,2,5-6,9H2,1H3,(H,15,16,17). The van der Waals surface area contributed by atoms with Crippen LogP contribution >= 0.6 is 0 Å². The van der Waals surface area contributed by atoms with Crippen molar-refractivity contribution in [2.75, 3.05) is 11.9 Å². The number of nitrogens with zero attached hydrogens (tertiary/aromatic N) is 2. The van der Waals surface area contributed by atoms with Crippen LogP contribution < -0.4 is 10.1 Å². The molecule has 1 aliphatic carbocycles. The molecule has 0 amide bonds. The van der Waals surface area contributed by atoms with Crippen molar-refractivity contribution in [3.8, 4) is 5.88 Å². The summed E-state index contributed by atoms with van der Waals surface area (Å²) in [6, 6.07) is 5.63. The third-order valence-electron chi connectivity index (χ3n) is 2.98. The lowest BCUT2D eigenvalue weighted by molar-refractivity contribution is 0.325. The molecule has 0 unspecified atom stereocenters. The average molecular weight is 259 g/mol. The van der Waals surface area contributed by atoms with Crippen LogP contribution in [0.2, 0.25) is 0 Å². The quantitative estimate of drug-likeness (QED) is 0.864. The summed E-state index contributed by atoms with van der Waals surface area (Å²) >= 11 is 0. The molecule has 0 radical (unpaired) electrons. The van der Waals surface area contributed by atoms with E-state index in [1.807, 2.05) is 25.1 Å². The number of nitrogens with one attached hydrogen (secondary N) is 1. The lowest BCUT2D eigenvalue weighted by Crippen LogP contribution is -2.05. The lowest BCUT2D eigenvalue weighted by Gasteiger charge is -2.09. The van der Waals surface area contributed by atoms with E-state index in [9.17, 15) is 0 Å². The summed E-state index contributed by atoms with van der Waals surface area (Å²) in [4.78, 5) is 8.97. The van der Waals surface area contributed by atoms with E-state index in [1.165, 1.54) is 12.8 Å². The molecule has 0 spiro atoms. The first-order valence-corrected chi connectivity index (χ1v) is 6.63. The molecule has 5 nitrogen and oxygen atoms in total. The first-order valence-electron chi connectivity index (χ1n) is 6.63. The second kappa shape index (κ2) is 5.30. The number of hydrogen-bond donors (Lipinski definition) is 1. The van der Waals surface area contributed by atoms with E-state index in [4.69, 9.17) is 9.15 Å². The second-order valence-electron chi connectivity index (χ2n) is 4.59. The smallest absolute Gasteiger partial charge is 0.218 e. The fourth-order valence-corrected chi connectivity index (χ4v) is 1.87. The van der Waals surface area contributed by atoms with E-state index in [1.54, 1.807) is 6.26 Å². The van der Waals surface area contributed by atoms with Gasteiger partial charge in [0.05, 0.1) is 19.4 Å². The van der Waals surface area contributed by atoms with Gasteiger partial charge in [-0.3, -0.25) is 0 Å². The molecule has 0 aromatic carbocycles. The van der Waals surface area contributed by atoms with Gasteiger partial charge < -0.3 is 14.5 Å². The van der Waals surface area contributed by atoms with Crippen molar-refractivity contribution in [3.05, 3.63) is 36.0 Å². The molecule has 2 heterocycles. The highest BCUT2D eigenvalue weighted by atomic mass is 16.5. The highest BCUT2D eigenvalue weighted by Crippen LogP contribution is 2.39. The molecule has 100 valence electrons. The second-order valence-corrected chi connectivity index (χ2v) is 4.59. The third-order valence-corrected chi connectivity index (χ3v) is 2.98. The van der Waals surface area contributed by atoms with E-state index in [2.05, 4.69) is 15.3 Å². The maximum atomic E-state index is 5.49. The molecule has 1 aliphatic rings. The van der Waals surface area contributed by atoms with Crippen LogP contribution in [0.5, 0.6) is 5.88 Å². The van der Waals surface area contributed by atoms with Crippen molar-refractivity contribution in [2.45, 2.75) is 32.2 Å². The van der Waals surface area contributed by atoms with Crippen LogP contribution in [0.3, 0.4) is 0 Å². The van der Waals surface area contributed by atoms with Gasteiger partial charge in [-0.25, -0.2) is 4.98 Å². The predicted molar refractivity (Wildman–Crippen MR) is 71.2 cm³/mol. The SMILES string of the molecule is CCOc1cc(NCc2ccco2)nc(C2CC2)n1. The Bertz CT molecular complexity index is 536. The van der Waals surface area contributed by atoms with Crippen molar-refractivity contribution in [1.82, 2.24) is 9.97 Å². The zero-order valence-corrected chi connectivity index (χ0v) is 10.9. The number of anilines is 1. The number of hydrogen-bond acceptors (Lipinski definition) is 5. The van der Waals surface area contributed by atoms with Crippen molar-refractivity contribution >= 4 is 5.82 Å². The van der Waals surface area contributed by atoms with Crippen LogP contribution in [-0.2, 0) is 6.54 Å². The highest BCUT2D eigenvalue weighted by molar-refractivity contribution is 5.39. The minimum Gasteiger partial charge on any atom is -0.478 e. The summed E-state index contributed by atoms with van der Waals surface area (Å²) < 4.78 is 10.8. The Morgan fingerprint density at radius 3 is 3.00 bits per heavy atom.